The summed E-state index contributed by atoms with van der Waals surface area (Å²) in [7, 11) is 0. The quantitative estimate of drug-likeness (QED) is 0.777. The third kappa shape index (κ3) is 4.42. The summed E-state index contributed by atoms with van der Waals surface area (Å²) in [6.45, 7) is 6.46. The zero-order chi connectivity index (χ0) is 16.2. The first-order valence-corrected chi connectivity index (χ1v) is 7.32. The van der Waals surface area contributed by atoms with Crippen molar-refractivity contribution in [3.05, 3.63) is 30.2 Å². The van der Waals surface area contributed by atoms with Gasteiger partial charge in [0.15, 0.2) is 5.65 Å². The molecule has 0 saturated carbocycles. The smallest absolute Gasteiger partial charge is 0.315 e. The van der Waals surface area contributed by atoms with Crippen LogP contribution < -0.4 is 10.6 Å². The van der Waals surface area contributed by atoms with E-state index in [2.05, 4.69) is 41.5 Å². The molecule has 0 radical (unpaired) electrons. The molecule has 0 saturated heterocycles. The monoisotopic (exact) mass is 305 g/mol. The van der Waals surface area contributed by atoms with Gasteiger partial charge in [0.25, 0.3) is 0 Å². The van der Waals surface area contributed by atoms with Crippen LogP contribution in [0.25, 0.3) is 5.65 Å². The number of nitrogens with one attached hydrogen (secondary N) is 2. The third-order valence-electron chi connectivity index (χ3n) is 3.21. The fourth-order valence-electron chi connectivity index (χ4n) is 2.33. The Morgan fingerprint density at radius 1 is 1.36 bits per heavy atom. The summed E-state index contributed by atoms with van der Waals surface area (Å²) in [4.78, 5) is 16.1. The minimum absolute atomic E-state index is 0.0347. The number of rotatable bonds is 5. The van der Waals surface area contributed by atoms with Crippen LogP contribution >= 0.6 is 0 Å². The van der Waals surface area contributed by atoms with Crippen LogP contribution in [0.1, 0.15) is 32.9 Å². The number of carbonyl (C=O) groups is 1. The summed E-state index contributed by atoms with van der Waals surface area (Å²) >= 11 is 0. The maximum absolute atomic E-state index is 12.0. The van der Waals surface area contributed by atoms with Crippen molar-refractivity contribution in [2.75, 3.05) is 6.61 Å². The highest BCUT2D eigenvalue weighted by molar-refractivity contribution is 5.74. The highest BCUT2D eigenvalue weighted by Crippen LogP contribution is 2.20. The molecule has 22 heavy (non-hydrogen) atoms. The van der Waals surface area contributed by atoms with Crippen molar-refractivity contribution in [3.63, 3.8) is 0 Å². The number of carbonyl (C=O) groups excluding carboxylic acids is 1. The van der Waals surface area contributed by atoms with Crippen molar-refractivity contribution < 1.29 is 9.90 Å². The molecule has 0 aliphatic rings. The molecule has 0 aliphatic heterocycles. The van der Waals surface area contributed by atoms with Crippen LogP contribution in [0, 0.1) is 5.41 Å². The average Bonchev–Trinajstić information content (AvgIpc) is 2.91. The van der Waals surface area contributed by atoms with Crippen molar-refractivity contribution in [2.24, 2.45) is 5.41 Å². The Kier molecular flexibility index (Phi) is 4.97. The van der Waals surface area contributed by atoms with Crippen molar-refractivity contribution in [1.82, 2.24) is 25.2 Å². The Labute approximate surface area is 129 Å². The summed E-state index contributed by atoms with van der Waals surface area (Å²) < 4.78 is 1.68. The first-order valence-electron chi connectivity index (χ1n) is 7.32. The SMILES string of the molecule is CC(C)(C)CC(CO)NC(=O)NCc1ccnc2ccnn12. The number of hydrogen-bond donors (Lipinski definition) is 3. The second kappa shape index (κ2) is 6.74. The molecule has 0 aliphatic carbocycles. The summed E-state index contributed by atoms with van der Waals surface area (Å²) in [6, 6.07) is 3.04. The number of nitrogens with zero attached hydrogens (tertiary/aromatic N) is 3. The number of urea groups is 1. The molecule has 1 atom stereocenters. The molecule has 7 heteroatoms. The number of hydrogen-bond acceptors (Lipinski definition) is 4. The Hall–Kier alpha value is -2.15. The van der Waals surface area contributed by atoms with E-state index in [4.69, 9.17) is 0 Å². The summed E-state index contributed by atoms with van der Waals surface area (Å²) in [5.74, 6) is 0. The first-order chi connectivity index (χ1) is 10.4. The molecule has 0 spiro atoms. The van der Waals surface area contributed by atoms with Crippen LogP contribution in [-0.4, -0.2) is 38.4 Å². The summed E-state index contributed by atoms with van der Waals surface area (Å²) in [5.41, 5.74) is 1.61. The Morgan fingerprint density at radius 2 is 2.14 bits per heavy atom. The zero-order valence-electron chi connectivity index (χ0n) is 13.2. The molecule has 2 amide bonds. The lowest BCUT2D eigenvalue weighted by molar-refractivity contribution is 0.190. The van der Waals surface area contributed by atoms with E-state index < -0.39 is 0 Å². The second-order valence-electron chi connectivity index (χ2n) is 6.51. The lowest BCUT2D eigenvalue weighted by atomic mass is 9.88. The van der Waals surface area contributed by atoms with Gasteiger partial charge in [-0.1, -0.05) is 20.8 Å². The van der Waals surface area contributed by atoms with Gasteiger partial charge >= 0.3 is 6.03 Å². The molecular weight excluding hydrogens is 282 g/mol. The molecule has 0 bridgehead atoms. The van der Waals surface area contributed by atoms with E-state index >= 15 is 0 Å². The first kappa shape index (κ1) is 16.2. The molecule has 0 fully saturated rings. The molecule has 7 nitrogen and oxygen atoms in total. The maximum atomic E-state index is 12.0. The van der Waals surface area contributed by atoms with Gasteiger partial charge in [0.05, 0.1) is 31.1 Å². The average molecular weight is 305 g/mol. The molecule has 3 N–H and O–H groups in total. The van der Waals surface area contributed by atoms with Gasteiger partial charge in [-0.05, 0) is 17.9 Å². The van der Waals surface area contributed by atoms with E-state index in [0.717, 1.165) is 11.3 Å². The topological polar surface area (TPSA) is 91.5 Å². The lowest BCUT2D eigenvalue weighted by Crippen LogP contribution is -2.45. The van der Waals surface area contributed by atoms with Gasteiger partial charge in [0.1, 0.15) is 0 Å². The fraction of sp³-hybridized carbons (Fsp3) is 0.533. The Morgan fingerprint density at radius 3 is 2.82 bits per heavy atom. The number of aliphatic hydroxyl groups excluding tert-OH is 1. The molecule has 2 heterocycles. The molecular formula is C15H23N5O2. The van der Waals surface area contributed by atoms with E-state index in [1.807, 2.05) is 0 Å². The van der Waals surface area contributed by atoms with E-state index in [1.54, 1.807) is 29.0 Å². The van der Waals surface area contributed by atoms with Crippen molar-refractivity contribution in [2.45, 2.75) is 39.8 Å². The maximum Gasteiger partial charge on any atom is 0.315 e. The molecule has 2 aromatic rings. The predicted octanol–water partition coefficient (Wildman–Crippen LogP) is 1.33. The van der Waals surface area contributed by atoms with Gasteiger partial charge in [-0.2, -0.15) is 5.10 Å². The minimum Gasteiger partial charge on any atom is -0.394 e. The van der Waals surface area contributed by atoms with Crippen molar-refractivity contribution in [1.29, 1.82) is 0 Å². The Balaban J connectivity index is 1.91. The molecule has 0 aromatic carbocycles. The van der Waals surface area contributed by atoms with Crippen LogP contribution in [0.4, 0.5) is 4.79 Å². The van der Waals surface area contributed by atoms with Gasteiger partial charge < -0.3 is 15.7 Å². The summed E-state index contributed by atoms with van der Waals surface area (Å²) in [5, 5.41) is 19.1. The van der Waals surface area contributed by atoms with Crippen LogP contribution in [0.2, 0.25) is 0 Å². The van der Waals surface area contributed by atoms with Crippen LogP contribution in [0.5, 0.6) is 0 Å². The largest absolute Gasteiger partial charge is 0.394 e. The van der Waals surface area contributed by atoms with Crippen LogP contribution in [-0.2, 0) is 6.54 Å². The van der Waals surface area contributed by atoms with Gasteiger partial charge in [-0.3, -0.25) is 0 Å². The minimum atomic E-state index is -0.305. The standard InChI is InChI=1S/C15H23N5O2/c1-15(2,3)8-11(10-21)19-14(22)17-9-12-4-6-16-13-5-7-18-20(12)13/h4-7,11,21H,8-10H2,1-3H3,(H2,17,19,22). The fourth-order valence-corrected chi connectivity index (χ4v) is 2.33. The van der Waals surface area contributed by atoms with E-state index in [9.17, 15) is 9.90 Å². The van der Waals surface area contributed by atoms with E-state index in [0.29, 0.717) is 13.0 Å². The second-order valence-corrected chi connectivity index (χ2v) is 6.51. The summed E-state index contributed by atoms with van der Waals surface area (Å²) in [6.07, 6.45) is 4.05. The normalized spacial score (nSPS) is 13.1. The number of amides is 2. The molecule has 120 valence electrons. The van der Waals surface area contributed by atoms with Gasteiger partial charge in [-0.15, -0.1) is 0 Å². The van der Waals surface area contributed by atoms with Gasteiger partial charge in [0, 0.05) is 12.3 Å². The molecule has 1 unspecified atom stereocenters. The van der Waals surface area contributed by atoms with Crippen molar-refractivity contribution >= 4 is 11.7 Å². The van der Waals surface area contributed by atoms with Crippen LogP contribution in [0.15, 0.2) is 24.5 Å². The lowest BCUT2D eigenvalue weighted by Gasteiger charge is -2.25. The zero-order valence-corrected chi connectivity index (χ0v) is 13.2. The number of fused-ring (bicyclic) bond motifs is 1. The molecule has 2 aromatic heterocycles. The van der Waals surface area contributed by atoms with Crippen molar-refractivity contribution in [3.8, 4) is 0 Å². The van der Waals surface area contributed by atoms with Crippen LogP contribution in [0.3, 0.4) is 0 Å². The Bertz CT molecular complexity index is 632. The predicted molar refractivity (Wildman–Crippen MR) is 83.3 cm³/mol. The third-order valence-corrected chi connectivity index (χ3v) is 3.21. The van der Waals surface area contributed by atoms with Gasteiger partial charge in [0.2, 0.25) is 0 Å². The van der Waals surface area contributed by atoms with E-state index in [1.165, 1.54) is 0 Å². The highest BCUT2D eigenvalue weighted by Gasteiger charge is 2.19. The van der Waals surface area contributed by atoms with Gasteiger partial charge in [-0.25, -0.2) is 14.3 Å². The molecule has 2 rings (SSSR count). The number of aliphatic hydroxyl groups is 1. The van der Waals surface area contributed by atoms with E-state index in [-0.39, 0.29) is 24.1 Å². The highest BCUT2D eigenvalue weighted by atomic mass is 16.3. The number of aromatic nitrogens is 3.